The summed E-state index contributed by atoms with van der Waals surface area (Å²) in [5.74, 6) is 0. The molecule has 2 fully saturated rings. The van der Waals surface area contributed by atoms with Crippen LogP contribution in [-0.2, 0) is 6.42 Å². The molecule has 2 heteroatoms. The van der Waals surface area contributed by atoms with E-state index in [1.54, 1.807) is 0 Å². The number of hydrogen-bond donors (Lipinski definition) is 0. The molecule has 2 aliphatic rings. The lowest BCUT2D eigenvalue weighted by molar-refractivity contribution is 0.159. The van der Waals surface area contributed by atoms with E-state index in [9.17, 15) is 0 Å². The van der Waals surface area contributed by atoms with Gasteiger partial charge in [-0.3, -0.25) is 4.90 Å². The molecule has 0 spiro atoms. The van der Waals surface area contributed by atoms with E-state index in [1.165, 1.54) is 89.7 Å². The van der Waals surface area contributed by atoms with Crippen molar-refractivity contribution in [2.45, 2.75) is 57.4 Å². The first kappa shape index (κ1) is 16.0. The zero-order valence-corrected chi connectivity index (χ0v) is 14.1. The molecule has 2 nitrogen and oxygen atoms in total. The lowest BCUT2D eigenvalue weighted by Gasteiger charge is -2.33. The second-order valence-corrected chi connectivity index (χ2v) is 7.11. The Labute approximate surface area is 136 Å². The van der Waals surface area contributed by atoms with Gasteiger partial charge >= 0.3 is 0 Å². The van der Waals surface area contributed by atoms with Gasteiger partial charge < -0.3 is 4.90 Å². The third-order valence-corrected chi connectivity index (χ3v) is 5.50. The SMILES string of the molecule is c1ccc(CCCN2CCCN(C3CCCCC3)CC2)cc1. The highest BCUT2D eigenvalue weighted by molar-refractivity contribution is 5.14. The first-order valence-corrected chi connectivity index (χ1v) is 9.42. The van der Waals surface area contributed by atoms with Gasteiger partial charge in [-0.2, -0.15) is 0 Å². The second-order valence-electron chi connectivity index (χ2n) is 7.11. The van der Waals surface area contributed by atoms with Crippen LogP contribution in [0.1, 0.15) is 50.5 Å². The molecule has 3 rings (SSSR count). The molecule has 0 radical (unpaired) electrons. The van der Waals surface area contributed by atoms with Gasteiger partial charge in [0.05, 0.1) is 0 Å². The minimum Gasteiger partial charge on any atom is -0.302 e. The minimum absolute atomic E-state index is 0.901. The van der Waals surface area contributed by atoms with Gasteiger partial charge in [0.2, 0.25) is 0 Å². The predicted octanol–water partition coefficient (Wildman–Crippen LogP) is 3.96. The fourth-order valence-electron chi connectivity index (χ4n) is 4.18. The van der Waals surface area contributed by atoms with Crippen LogP contribution in [0, 0.1) is 0 Å². The number of rotatable bonds is 5. The highest BCUT2D eigenvalue weighted by atomic mass is 15.2. The van der Waals surface area contributed by atoms with Crippen molar-refractivity contribution in [2.75, 3.05) is 32.7 Å². The highest BCUT2D eigenvalue weighted by Gasteiger charge is 2.23. The Hall–Kier alpha value is -0.860. The van der Waals surface area contributed by atoms with Gasteiger partial charge in [0.15, 0.2) is 0 Å². The van der Waals surface area contributed by atoms with Crippen LogP contribution in [0.5, 0.6) is 0 Å². The van der Waals surface area contributed by atoms with Gasteiger partial charge in [-0.15, -0.1) is 0 Å². The van der Waals surface area contributed by atoms with Crippen LogP contribution >= 0.6 is 0 Å². The molecule has 1 saturated heterocycles. The van der Waals surface area contributed by atoms with E-state index in [0.717, 1.165) is 6.04 Å². The monoisotopic (exact) mass is 300 g/mol. The predicted molar refractivity (Wildman–Crippen MR) is 94.3 cm³/mol. The van der Waals surface area contributed by atoms with Gasteiger partial charge in [-0.1, -0.05) is 49.6 Å². The average Bonchev–Trinajstić information content (AvgIpc) is 2.82. The van der Waals surface area contributed by atoms with Gasteiger partial charge in [-0.25, -0.2) is 0 Å². The molecule has 0 amide bonds. The van der Waals surface area contributed by atoms with E-state index in [0.29, 0.717) is 0 Å². The molecule has 1 aliphatic carbocycles. The van der Waals surface area contributed by atoms with Crippen molar-refractivity contribution in [1.82, 2.24) is 9.80 Å². The van der Waals surface area contributed by atoms with E-state index in [2.05, 4.69) is 40.1 Å². The normalized spacial score (nSPS) is 22.5. The maximum absolute atomic E-state index is 2.80. The Morgan fingerprint density at radius 3 is 2.45 bits per heavy atom. The smallest absolute Gasteiger partial charge is 0.0112 e. The fraction of sp³-hybridized carbons (Fsp3) is 0.700. The molecular weight excluding hydrogens is 268 g/mol. The summed E-state index contributed by atoms with van der Waals surface area (Å²) < 4.78 is 0. The molecule has 0 N–H and O–H groups in total. The van der Waals surface area contributed by atoms with Crippen LogP contribution in [0.15, 0.2) is 30.3 Å². The Bertz CT molecular complexity index is 411. The summed E-state index contributed by atoms with van der Waals surface area (Å²) in [6, 6.07) is 11.8. The van der Waals surface area contributed by atoms with Crippen LogP contribution in [0.25, 0.3) is 0 Å². The van der Waals surface area contributed by atoms with Gasteiger partial charge in [0.1, 0.15) is 0 Å². The molecule has 122 valence electrons. The van der Waals surface area contributed by atoms with Crippen LogP contribution in [-0.4, -0.2) is 48.6 Å². The van der Waals surface area contributed by atoms with Crippen LogP contribution in [0.4, 0.5) is 0 Å². The van der Waals surface area contributed by atoms with E-state index < -0.39 is 0 Å². The van der Waals surface area contributed by atoms with Gasteiger partial charge in [0.25, 0.3) is 0 Å². The summed E-state index contributed by atoms with van der Waals surface area (Å²) in [4.78, 5) is 5.50. The maximum Gasteiger partial charge on any atom is 0.0112 e. The van der Waals surface area contributed by atoms with Crippen molar-refractivity contribution < 1.29 is 0 Å². The minimum atomic E-state index is 0.901. The molecule has 0 bridgehead atoms. The van der Waals surface area contributed by atoms with Gasteiger partial charge in [0, 0.05) is 19.1 Å². The van der Waals surface area contributed by atoms with Crippen molar-refractivity contribution in [3.05, 3.63) is 35.9 Å². The zero-order valence-electron chi connectivity index (χ0n) is 14.1. The van der Waals surface area contributed by atoms with Crippen molar-refractivity contribution in [1.29, 1.82) is 0 Å². The van der Waals surface area contributed by atoms with Crippen LogP contribution in [0.3, 0.4) is 0 Å². The molecule has 0 atom stereocenters. The summed E-state index contributed by atoms with van der Waals surface area (Å²) in [7, 11) is 0. The molecule has 22 heavy (non-hydrogen) atoms. The Kier molecular flexibility index (Phi) is 6.32. The standard InChI is InChI=1S/C20H32N2/c1-3-9-19(10-4-1)11-7-14-21-15-8-16-22(18-17-21)20-12-5-2-6-13-20/h1,3-4,9-10,20H,2,5-8,11-18H2. The molecule has 1 heterocycles. The molecule has 1 aliphatic heterocycles. The lowest BCUT2D eigenvalue weighted by atomic mass is 9.94. The Morgan fingerprint density at radius 2 is 1.64 bits per heavy atom. The van der Waals surface area contributed by atoms with E-state index in [4.69, 9.17) is 0 Å². The third kappa shape index (κ3) is 4.82. The number of benzene rings is 1. The van der Waals surface area contributed by atoms with E-state index >= 15 is 0 Å². The fourth-order valence-corrected chi connectivity index (χ4v) is 4.18. The zero-order chi connectivity index (χ0) is 15.0. The highest BCUT2D eigenvalue weighted by Crippen LogP contribution is 2.23. The maximum atomic E-state index is 2.80. The first-order chi connectivity index (χ1) is 10.9. The number of nitrogens with zero attached hydrogens (tertiary/aromatic N) is 2. The Balaban J connectivity index is 1.38. The van der Waals surface area contributed by atoms with Crippen molar-refractivity contribution in [2.24, 2.45) is 0 Å². The molecule has 1 aromatic rings. The topological polar surface area (TPSA) is 6.48 Å². The first-order valence-electron chi connectivity index (χ1n) is 9.42. The summed E-state index contributed by atoms with van der Waals surface area (Å²) >= 11 is 0. The molecule has 1 saturated carbocycles. The Morgan fingerprint density at radius 1 is 0.818 bits per heavy atom. The second kappa shape index (κ2) is 8.69. The van der Waals surface area contributed by atoms with Crippen molar-refractivity contribution >= 4 is 0 Å². The number of hydrogen-bond acceptors (Lipinski definition) is 2. The third-order valence-electron chi connectivity index (χ3n) is 5.50. The molecule has 1 aromatic carbocycles. The molecule has 0 aromatic heterocycles. The van der Waals surface area contributed by atoms with Crippen molar-refractivity contribution in [3.63, 3.8) is 0 Å². The average molecular weight is 300 g/mol. The van der Waals surface area contributed by atoms with E-state index in [-0.39, 0.29) is 0 Å². The summed E-state index contributed by atoms with van der Waals surface area (Å²) in [5, 5.41) is 0. The molecule has 0 unspecified atom stereocenters. The number of aryl methyl sites for hydroxylation is 1. The van der Waals surface area contributed by atoms with Crippen LogP contribution in [0.2, 0.25) is 0 Å². The lowest BCUT2D eigenvalue weighted by Crippen LogP contribution is -2.39. The summed E-state index contributed by atoms with van der Waals surface area (Å²) in [5.41, 5.74) is 1.49. The molecular formula is C20H32N2. The van der Waals surface area contributed by atoms with Gasteiger partial charge in [-0.05, 0) is 57.3 Å². The summed E-state index contributed by atoms with van der Waals surface area (Å²) in [6.45, 7) is 6.49. The summed E-state index contributed by atoms with van der Waals surface area (Å²) in [6.07, 6.45) is 11.2. The van der Waals surface area contributed by atoms with Crippen LogP contribution < -0.4 is 0 Å². The van der Waals surface area contributed by atoms with Crippen molar-refractivity contribution in [3.8, 4) is 0 Å². The largest absolute Gasteiger partial charge is 0.302 e. The quantitative estimate of drug-likeness (QED) is 0.812. The van der Waals surface area contributed by atoms with E-state index in [1.807, 2.05) is 0 Å².